The van der Waals surface area contributed by atoms with Crippen LogP contribution in [-0.4, -0.2) is 71.1 Å². The Kier molecular flexibility index (Phi) is 7.20. The maximum Gasteiger partial charge on any atom is 0.0284 e. The second kappa shape index (κ2) is 10.3. The van der Waals surface area contributed by atoms with Crippen LogP contribution >= 0.6 is 0 Å². The van der Waals surface area contributed by atoms with Gasteiger partial charge in [-0.15, -0.1) is 0 Å². The minimum Gasteiger partial charge on any atom is -0.300 e. The molecule has 0 N–H and O–H groups in total. The van der Waals surface area contributed by atoms with Crippen molar-refractivity contribution in [3.05, 3.63) is 12.2 Å². The predicted molar refractivity (Wildman–Crippen MR) is 138 cm³/mol. The SMILES string of the molecule is CC1CCCN2C(CC3CCCN4C(CC5CCC6CCCN6C5)CCCCC34)C=CCC12. The Labute approximate surface area is 204 Å². The van der Waals surface area contributed by atoms with E-state index >= 15 is 0 Å². The van der Waals surface area contributed by atoms with E-state index in [1.165, 1.54) is 122 Å². The van der Waals surface area contributed by atoms with Crippen LogP contribution in [0.1, 0.15) is 103 Å². The molecule has 8 unspecified atom stereocenters. The van der Waals surface area contributed by atoms with Gasteiger partial charge < -0.3 is 4.90 Å². The van der Waals surface area contributed by atoms with Crippen molar-refractivity contribution in [2.24, 2.45) is 17.8 Å². The van der Waals surface area contributed by atoms with E-state index in [1.54, 1.807) is 0 Å². The molecule has 0 saturated carbocycles. The Morgan fingerprint density at radius 2 is 1.58 bits per heavy atom. The van der Waals surface area contributed by atoms with E-state index in [1.807, 2.05) is 0 Å². The van der Waals surface area contributed by atoms with Gasteiger partial charge in [0.2, 0.25) is 0 Å². The van der Waals surface area contributed by atoms with Crippen molar-refractivity contribution in [2.75, 3.05) is 26.2 Å². The fourth-order valence-corrected chi connectivity index (χ4v) is 9.41. The molecule has 33 heavy (non-hydrogen) atoms. The third-order valence-corrected chi connectivity index (χ3v) is 11.1. The van der Waals surface area contributed by atoms with Crippen LogP contribution < -0.4 is 0 Å². The second-order valence-corrected chi connectivity index (χ2v) is 13.0. The molecule has 0 aromatic heterocycles. The molecule has 0 radical (unpaired) electrons. The number of rotatable bonds is 4. The molecule has 6 heterocycles. The molecule has 0 aromatic rings. The van der Waals surface area contributed by atoms with E-state index in [9.17, 15) is 0 Å². The lowest BCUT2D eigenvalue weighted by molar-refractivity contribution is 0.00883. The minimum atomic E-state index is 0.726. The summed E-state index contributed by atoms with van der Waals surface area (Å²) < 4.78 is 0. The topological polar surface area (TPSA) is 9.72 Å². The Morgan fingerprint density at radius 1 is 0.727 bits per heavy atom. The van der Waals surface area contributed by atoms with Crippen LogP contribution in [0.3, 0.4) is 0 Å². The molecular weight excluding hydrogens is 402 g/mol. The zero-order chi connectivity index (χ0) is 22.2. The highest BCUT2D eigenvalue weighted by atomic mass is 15.2. The summed E-state index contributed by atoms with van der Waals surface area (Å²) in [5.74, 6) is 2.79. The van der Waals surface area contributed by atoms with Crippen LogP contribution in [0.5, 0.6) is 0 Å². The van der Waals surface area contributed by atoms with Gasteiger partial charge in [-0.05, 0) is 121 Å². The van der Waals surface area contributed by atoms with E-state index in [0.29, 0.717) is 0 Å². The van der Waals surface area contributed by atoms with Gasteiger partial charge in [0.15, 0.2) is 0 Å². The van der Waals surface area contributed by atoms with Crippen molar-refractivity contribution in [2.45, 2.75) is 133 Å². The first-order valence-electron chi connectivity index (χ1n) is 15.2. The fourth-order valence-electron chi connectivity index (χ4n) is 9.41. The summed E-state index contributed by atoms with van der Waals surface area (Å²) in [5.41, 5.74) is 0. The largest absolute Gasteiger partial charge is 0.300 e. The van der Waals surface area contributed by atoms with E-state index in [2.05, 4.69) is 33.8 Å². The van der Waals surface area contributed by atoms with Crippen LogP contribution in [-0.2, 0) is 0 Å². The average Bonchev–Trinajstić information content (AvgIpc) is 3.20. The molecule has 3 heteroatoms. The number of piperidine rings is 3. The van der Waals surface area contributed by atoms with Gasteiger partial charge in [0.05, 0.1) is 0 Å². The molecule has 6 aliphatic heterocycles. The quantitative estimate of drug-likeness (QED) is 0.477. The maximum absolute atomic E-state index is 3.10. The summed E-state index contributed by atoms with van der Waals surface area (Å²) in [5, 5.41) is 0. The van der Waals surface area contributed by atoms with E-state index < -0.39 is 0 Å². The van der Waals surface area contributed by atoms with Crippen molar-refractivity contribution in [3.63, 3.8) is 0 Å². The number of hydrogen-bond acceptors (Lipinski definition) is 3. The molecule has 0 amide bonds. The minimum absolute atomic E-state index is 0.726. The molecule has 0 aliphatic carbocycles. The molecule has 186 valence electrons. The monoisotopic (exact) mass is 453 g/mol. The number of fused-ring (bicyclic) bond motifs is 3. The number of hydrogen-bond donors (Lipinski definition) is 0. The molecule has 5 fully saturated rings. The van der Waals surface area contributed by atoms with Gasteiger partial charge in [-0.25, -0.2) is 0 Å². The lowest BCUT2D eigenvalue weighted by Crippen LogP contribution is -2.54. The maximum atomic E-state index is 3.10. The molecule has 0 bridgehead atoms. The summed E-state index contributed by atoms with van der Waals surface area (Å²) in [6, 6.07) is 4.27. The molecule has 3 nitrogen and oxygen atoms in total. The molecule has 6 rings (SSSR count). The summed E-state index contributed by atoms with van der Waals surface area (Å²) >= 11 is 0. The Hall–Kier alpha value is -0.380. The second-order valence-electron chi connectivity index (χ2n) is 13.0. The van der Waals surface area contributed by atoms with Crippen molar-refractivity contribution in [3.8, 4) is 0 Å². The highest BCUT2D eigenvalue weighted by molar-refractivity contribution is 5.07. The van der Waals surface area contributed by atoms with Gasteiger partial charge in [-0.3, -0.25) is 9.80 Å². The average molecular weight is 454 g/mol. The zero-order valence-corrected chi connectivity index (χ0v) is 21.6. The van der Waals surface area contributed by atoms with Crippen LogP contribution in [0.2, 0.25) is 0 Å². The van der Waals surface area contributed by atoms with E-state index in [-0.39, 0.29) is 0 Å². The number of nitrogens with zero attached hydrogens (tertiary/aromatic N) is 3. The van der Waals surface area contributed by atoms with Gasteiger partial charge in [-0.2, -0.15) is 0 Å². The van der Waals surface area contributed by atoms with Gasteiger partial charge in [0.25, 0.3) is 0 Å². The summed E-state index contributed by atoms with van der Waals surface area (Å²) in [7, 11) is 0. The van der Waals surface area contributed by atoms with Gasteiger partial charge in [0.1, 0.15) is 0 Å². The highest BCUT2D eigenvalue weighted by Crippen LogP contribution is 2.41. The molecule has 6 aliphatic rings. The molecular formula is C30H51N3. The highest BCUT2D eigenvalue weighted by Gasteiger charge is 2.41. The van der Waals surface area contributed by atoms with Gasteiger partial charge >= 0.3 is 0 Å². The van der Waals surface area contributed by atoms with Crippen LogP contribution in [0.4, 0.5) is 0 Å². The van der Waals surface area contributed by atoms with Crippen LogP contribution in [0.25, 0.3) is 0 Å². The molecule has 5 saturated heterocycles. The fraction of sp³-hybridized carbons (Fsp3) is 0.933. The van der Waals surface area contributed by atoms with Crippen LogP contribution in [0, 0.1) is 17.8 Å². The molecule has 0 aromatic carbocycles. The van der Waals surface area contributed by atoms with Crippen molar-refractivity contribution < 1.29 is 0 Å². The first-order valence-corrected chi connectivity index (χ1v) is 15.2. The van der Waals surface area contributed by atoms with Crippen molar-refractivity contribution >= 4 is 0 Å². The smallest absolute Gasteiger partial charge is 0.0284 e. The first kappa shape index (κ1) is 23.0. The molecule has 0 spiro atoms. The first-order chi connectivity index (χ1) is 16.3. The van der Waals surface area contributed by atoms with Gasteiger partial charge in [0, 0.05) is 36.8 Å². The third kappa shape index (κ3) is 4.85. The summed E-state index contributed by atoms with van der Waals surface area (Å²) in [6.45, 7) is 8.08. The Morgan fingerprint density at radius 3 is 2.55 bits per heavy atom. The summed E-state index contributed by atoms with van der Waals surface area (Å²) in [4.78, 5) is 8.91. The van der Waals surface area contributed by atoms with E-state index in [4.69, 9.17) is 0 Å². The van der Waals surface area contributed by atoms with E-state index in [0.717, 1.165) is 48.0 Å². The lowest BCUT2D eigenvalue weighted by atomic mass is 9.78. The van der Waals surface area contributed by atoms with Crippen molar-refractivity contribution in [1.29, 1.82) is 0 Å². The predicted octanol–water partition coefficient (Wildman–Crippen LogP) is 6.09. The Bertz CT molecular complexity index is 675. The molecule has 8 atom stereocenters. The normalized spacial score (nSPS) is 45.2. The van der Waals surface area contributed by atoms with Crippen LogP contribution in [0.15, 0.2) is 12.2 Å². The third-order valence-electron chi connectivity index (χ3n) is 11.1. The summed E-state index contributed by atoms with van der Waals surface area (Å²) in [6.07, 6.45) is 27.1. The standard InChI is InChI=1S/C30H51N3/c1-23-8-5-18-32-28(11-4-14-29(23)32)21-25-9-6-19-33-27(10-2-3-13-30(25)33)20-24-15-16-26-12-7-17-31(26)22-24/h4,11,23-30H,2-3,5-10,12-22H2,1H3. The Balaban J connectivity index is 1.12. The van der Waals surface area contributed by atoms with Gasteiger partial charge in [-0.1, -0.05) is 31.9 Å². The lowest BCUT2D eigenvalue weighted by Gasteiger charge is -2.50. The zero-order valence-electron chi connectivity index (χ0n) is 21.6. The van der Waals surface area contributed by atoms with Crippen molar-refractivity contribution in [1.82, 2.24) is 14.7 Å².